The van der Waals surface area contributed by atoms with Crippen LogP contribution in [-0.2, 0) is 26.5 Å². The maximum absolute atomic E-state index is 12.7. The van der Waals surface area contributed by atoms with Crippen LogP contribution in [0.5, 0.6) is 0 Å². The van der Waals surface area contributed by atoms with Crippen LogP contribution in [0.2, 0.25) is 0 Å². The lowest BCUT2D eigenvalue weighted by Gasteiger charge is -2.13. The summed E-state index contributed by atoms with van der Waals surface area (Å²) in [4.78, 5) is 2.60. The van der Waals surface area contributed by atoms with Crippen molar-refractivity contribution in [3.05, 3.63) is 60.2 Å². The molecule has 0 saturated carbocycles. The molecule has 2 fully saturated rings. The molecule has 0 spiro atoms. The van der Waals surface area contributed by atoms with Crippen LogP contribution in [0.4, 0.5) is 8.78 Å². The maximum Gasteiger partial charge on any atom is 0.155 e. The van der Waals surface area contributed by atoms with Gasteiger partial charge in [-0.15, -0.1) is 0 Å². The summed E-state index contributed by atoms with van der Waals surface area (Å²) in [6.45, 7) is 1.70. The van der Waals surface area contributed by atoms with Crippen molar-refractivity contribution in [1.82, 2.24) is 0 Å². The van der Waals surface area contributed by atoms with E-state index < -0.39 is 0 Å². The van der Waals surface area contributed by atoms with Crippen LogP contribution < -0.4 is 0 Å². The number of hydrogen-bond acceptors (Lipinski definition) is 2. The highest BCUT2D eigenvalue weighted by molar-refractivity contribution is 8.05. The normalized spacial score (nSPS) is 18.8. The molecule has 4 rings (SSSR count). The molecule has 2 aliphatic rings. The van der Waals surface area contributed by atoms with Crippen LogP contribution in [0.25, 0.3) is 0 Å². The van der Waals surface area contributed by atoms with Gasteiger partial charge in [-0.3, -0.25) is 0 Å². The van der Waals surface area contributed by atoms with Gasteiger partial charge in [-0.05, 0) is 48.5 Å². The Labute approximate surface area is 164 Å². The lowest BCUT2D eigenvalue weighted by atomic mass is 10.4. The highest BCUT2D eigenvalue weighted by Crippen LogP contribution is 2.21. The van der Waals surface area contributed by atoms with Crippen molar-refractivity contribution in [2.75, 3.05) is 47.7 Å². The molecule has 0 unspecified atom stereocenters. The number of halogens is 2. The van der Waals surface area contributed by atoms with Crippen LogP contribution >= 0.6 is 11.8 Å². The second-order valence-corrected chi connectivity index (χ2v) is 11.7. The summed E-state index contributed by atoms with van der Waals surface area (Å²) in [5.74, 6) is 6.98. The fourth-order valence-corrected chi connectivity index (χ4v) is 8.56. The van der Waals surface area contributed by atoms with Gasteiger partial charge in [0, 0.05) is 33.3 Å². The third kappa shape index (κ3) is 6.19. The van der Waals surface area contributed by atoms with Crippen LogP contribution in [0.1, 0.15) is 0 Å². The highest BCUT2D eigenvalue weighted by atomic mass is 32.2. The van der Waals surface area contributed by atoms with Crippen LogP contribution in [0.15, 0.2) is 58.3 Å². The minimum absolute atomic E-state index is 0.126. The van der Waals surface area contributed by atoms with E-state index in [1.165, 1.54) is 44.9 Å². The molecule has 2 aliphatic heterocycles. The molecular formula is C20H24F2OS3+2. The third-order valence-corrected chi connectivity index (χ3v) is 10.3. The molecule has 0 bridgehead atoms. The van der Waals surface area contributed by atoms with Gasteiger partial charge in [-0.1, -0.05) is 0 Å². The lowest BCUT2D eigenvalue weighted by Crippen LogP contribution is -2.26. The van der Waals surface area contributed by atoms with Crippen LogP contribution in [0, 0.1) is 11.6 Å². The molecular weight excluding hydrogens is 390 g/mol. The first kappa shape index (κ1) is 20.1. The van der Waals surface area contributed by atoms with Gasteiger partial charge in [0.15, 0.2) is 9.79 Å². The summed E-state index contributed by atoms with van der Waals surface area (Å²) < 4.78 is 30.6. The molecule has 2 heterocycles. The third-order valence-electron chi connectivity index (χ3n) is 4.19. The van der Waals surface area contributed by atoms with E-state index in [0.29, 0.717) is 21.8 Å². The van der Waals surface area contributed by atoms with Gasteiger partial charge in [-0.25, -0.2) is 8.78 Å². The van der Waals surface area contributed by atoms with Gasteiger partial charge < -0.3 is 4.74 Å². The van der Waals surface area contributed by atoms with Gasteiger partial charge in [0.05, 0.1) is 13.2 Å². The Bertz CT molecular complexity index is 592. The Morgan fingerprint density at radius 1 is 0.654 bits per heavy atom. The molecule has 0 atom stereocenters. The molecule has 26 heavy (non-hydrogen) atoms. The molecule has 2 saturated heterocycles. The molecule has 0 aromatic heterocycles. The van der Waals surface area contributed by atoms with Gasteiger partial charge in [-0.2, -0.15) is 11.8 Å². The first-order chi connectivity index (χ1) is 12.7. The summed E-state index contributed by atoms with van der Waals surface area (Å²) in [6, 6.07) is 13.9. The van der Waals surface area contributed by atoms with E-state index in [4.69, 9.17) is 4.74 Å². The number of thioether (sulfide) groups is 1. The van der Waals surface area contributed by atoms with E-state index in [1.54, 1.807) is 12.1 Å². The van der Waals surface area contributed by atoms with Crippen molar-refractivity contribution < 1.29 is 13.5 Å². The summed E-state index contributed by atoms with van der Waals surface area (Å²) in [5, 5.41) is 0. The smallest absolute Gasteiger partial charge is 0.155 e. The first-order valence-corrected chi connectivity index (χ1v) is 13.0. The maximum atomic E-state index is 12.7. The van der Waals surface area contributed by atoms with Crippen molar-refractivity contribution >= 4 is 33.6 Å². The topological polar surface area (TPSA) is 9.23 Å². The molecule has 1 nitrogen and oxygen atoms in total. The summed E-state index contributed by atoms with van der Waals surface area (Å²) in [7, 11) is 0.688. The molecule has 140 valence electrons. The zero-order valence-corrected chi connectivity index (χ0v) is 17.1. The quantitative estimate of drug-likeness (QED) is 0.675. The highest BCUT2D eigenvalue weighted by Gasteiger charge is 2.25. The van der Waals surface area contributed by atoms with Crippen LogP contribution in [-0.4, -0.2) is 47.7 Å². The van der Waals surface area contributed by atoms with E-state index in [9.17, 15) is 8.78 Å². The average molecular weight is 415 g/mol. The zero-order valence-electron chi connectivity index (χ0n) is 14.7. The molecule has 0 N–H and O–H groups in total. The van der Waals surface area contributed by atoms with Crippen molar-refractivity contribution in [3.63, 3.8) is 0 Å². The van der Waals surface area contributed by atoms with Crippen molar-refractivity contribution in [1.29, 1.82) is 0 Å². The van der Waals surface area contributed by atoms with E-state index in [2.05, 4.69) is 0 Å². The van der Waals surface area contributed by atoms with E-state index >= 15 is 0 Å². The predicted octanol–water partition coefficient (Wildman–Crippen LogP) is 4.38. The molecule has 2 aromatic carbocycles. The first-order valence-electron chi connectivity index (χ1n) is 8.74. The predicted molar refractivity (Wildman–Crippen MR) is 112 cm³/mol. The molecule has 0 amide bonds. The molecule has 0 aliphatic carbocycles. The molecule has 6 heteroatoms. The Hall–Kier alpha value is -0.690. The Kier molecular flexibility index (Phi) is 8.17. The van der Waals surface area contributed by atoms with Crippen molar-refractivity contribution in [2.45, 2.75) is 9.79 Å². The molecule has 2 aromatic rings. The van der Waals surface area contributed by atoms with Crippen LogP contribution in [0.3, 0.4) is 0 Å². The lowest BCUT2D eigenvalue weighted by molar-refractivity contribution is 0.159. The zero-order chi connectivity index (χ0) is 18.2. The van der Waals surface area contributed by atoms with E-state index in [0.717, 1.165) is 24.7 Å². The second-order valence-electron chi connectivity index (χ2n) is 5.93. The molecule has 0 radical (unpaired) electrons. The minimum Gasteiger partial charge on any atom is -0.372 e. The van der Waals surface area contributed by atoms with Gasteiger partial charge in [0.1, 0.15) is 34.6 Å². The average Bonchev–Trinajstić information content (AvgIpc) is 2.71. The number of ether oxygens (including phenoxy) is 1. The number of rotatable bonds is 2. The monoisotopic (exact) mass is 414 g/mol. The van der Waals surface area contributed by atoms with E-state index in [-0.39, 0.29) is 11.6 Å². The Balaban J connectivity index is 0.000000151. The fraction of sp³-hybridized carbons (Fsp3) is 0.400. The number of hydrogen-bond donors (Lipinski definition) is 0. The van der Waals surface area contributed by atoms with Crippen molar-refractivity contribution in [3.8, 4) is 0 Å². The number of benzene rings is 2. The van der Waals surface area contributed by atoms with E-state index in [1.807, 2.05) is 36.0 Å². The second kappa shape index (κ2) is 10.6. The summed E-state index contributed by atoms with van der Waals surface area (Å²) in [5.41, 5.74) is 0. The van der Waals surface area contributed by atoms with Crippen molar-refractivity contribution in [2.24, 2.45) is 0 Å². The Morgan fingerprint density at radius 2 is 1.08 bits per heavy atom. The fourth-order valence-electron chi connectivity index (χ4n) is 2.77. The Morgan fingerprint density at radius 3 is 1.54 bits per heavy atom. The summed E-state index contributed by atoms with van der Waals surface area (Å²) in [6.07, 6.45) is 0. The standard InChI is InChI=1S/C10H12FOS.C10H12FS2/c2*11-9-1-3-10(4-2-9)13-7-5-12-6-8-13/h2*1-4H,5-8H2/q2*+1. The van der Waals surface area contributed by atoms with Gasteiger partial charge in [0.2, 0.25) is 0 Å². The largest absolute Gasteiger partial charge is 0.372 e. The van der Waals surface area contributed by atoms with Gasteiger partial charge in [0.25, 0.3) is 0 Å². The SMILES string of the molecule is Fc1ccc([S+]2CCOCC2)cc1.Fc1ccc([S+]2CCSCC2)cc1. The van der Waals surface area contributed by atoms with Gasteiger partial charge >= 0.3 is 0 Å². The minimum atomic E-state index is -0.152. The summed E-state index contributed by atoms with van der Waals surface area (Å²) >= 11 is 2.03.